The summed E-state index contributed by atoms with van der Waals surface area (Å²) in [6.07, 6.45) is 2.16. The van der Waals surface area contributed by atoms with Gasteiger partial charge in [-0.05, 0) is 32.3 Å². The largest absolute Gasteiger partial charge is 0.464 e. The summed E-state index contributed by atoms with van der Waals surface area (Å²) in [7, 11) is 1.28. The first-order valence-corrected chi connectivity index (χ1v) is 6.84. The Morgan fingerprint density at radius 2 is 2.00 bits per heavy atom. The van der Waals surface area contributed by atoms with Crippen LogP contribution in [-0.2, 0) is 9.53 Å². The van der Waals surface area contributed by atoms with E-state index in [2.05, 4.69) is 15.1 Å². The predicted molar refractivity (Wildman–Crippen MR) is 74.6 cm³/mol. The van der Waals surface area contributed by atoms with Gasteiger partial charge in [-0.3, -0.25) is 20.0 Å². The van der Waals surface area contributed by atoms with E-state index < -0.39 is 11.9 Å². The lowest BCUT2D eigenvalue weighted by Gasteiger charge is -2.27. The molecule has 0 radical (unpaired) electrons. The molecule has 2 amide bonds. The van der Waals surface area contributed by atoms with E-state index >= 15 is 0 Å². The minimum Gasteiger partial charge on any atom is -0.464 e. The van der Waals surface area contributed by atoms with Gasteiger partial charge in [-0.1, -0.05) is 0 Å². The van der Waals surface area contributed by atoms with Crippen molar-refractivity contribution in [3.05, 3.63) is 22.5 Å². The number of aromatic nitrogens is 1. The Hall–Kier alpha value is -2.31. The first-order chi connectivity index (χ1) is 9.95. The average molecular weight is 293 g/mol. The van der Waals surface area contributed by atoms with Gasteiger partial charge in [-0.2, -0.15) is 0 Å². The average Bonchev–Trinajstić information content (AvgIpc) is 2.75. The maximum atomic E-state index is 12.3. The van der Waals surface area contributed by atoms with Gasteiger partial charge in [0, 0.05) is 18.7 Å². The molecule has 1 aliphatic heterocycles. The molecule has 0 bridgehead atoms. The van der Waals surface area contributed by atoms with E-state index in [1.54, 1.807) is 13.8 Å². The molecule has 0 atom stereocenters. The Labute approximate surface area is 122 Å². The van der Waals surface area contributed by atoms with Gasteiger partial charge in [0.15, 0.2) is 0 Å². The Morgan fingerprint density at radius 1 is 1.29 bits per heavy atom. The number of esters is 1. The number of ether oxygens (including phenoxy) is 1. The summed E-state index contributed by atoms with van der Waals surface area (Å²) in [6.45, 7) is 3.88. The highest BCUT2D eigenvalue weighted by molar-refractivity contribution is 6.01. The van der Waals surface area contributed by atoms with Gasteiger partial charge in [-0.15, -0.1) is 0 Å². The molecule has 2 N–H and O–H groups in total. The number of hydrogen-bond donors (Lipinski definition) is 2. The molecule has 7 nitrogen and oxygen atoms in total. The fourth-order valence-corrected chi connectivity index (χ4v) is 2.50. The van der Waals surface area contributed by atoms with Gasteiger partial charge in [0.25, 0.3) is 5.91 Å². The number of hydrazine groups is 1. The molecule has 1 fully saturated rings. The second kappa shape index (κ2) is 5.99. The second-order valence-corrected chi connectivity index (χ2v) is 5.06. The Bertz CT molecular complexity index is 591. The number of hydrogen-bond acceptors (Lipinski definition) is 4. The SMILES string of the molecule is COC(=O)c1[nH]c(C)c(C(=O)NN2CCCCC2=O)c1C. The lowest BCUT2D eigenvalue weighted by Crippen LogP contribution is -2.48. The number of aromatic amines is 1. The van der Waals surface area contributed by atoms with Crippen molar-refractivity contribution < 1.29 is 19.1 Å². The third-order valence-electron chi connectivity index (χ3n) is 3.61. The van der Waals surface area contributed by atoms with Crippen molar-refractivity contribution in [1.29, 1.82) is 0 Å². The molecule has 0 aliphatic carbocycles. The van der Waals surface area contributed by atoms with E-state index in [4.69, 9.17) is 0 Å². The predicted octanol–water partition coefficient (Wildman–Crippen LogP) is 1.08. The standard InChI is InChI=1S/C14H19N3O4/c1-8-11(9(2)15-12(8)14(20)21-3)13(19)16-17-7-5-4-6-10(17)18/h15H,4-7H2,1-3H3,(H,16,19). The molecule has 0 spiro atoms. The number of piperidine rings is 1. The van der Waals surface area contributed by atoms with Crippen LogP contribution in [0.2, 0.25) is 0 Å². The van der Waals surface area contributed by atoms with E-state index in [0.29, 0.717) is 29.8 Å². The van der Waals surface area contributed by atoms with Crippen LogP contribution < -0.4 is 5.43 Å². The number of aryl methyl sites for hydroxylation is 1. The van der Waals surface area contributed by atoms with Crippen molar-refractivity contribution in [2.45, 2.75) is 33.1 Å². The smallest absolute Gasteiger partial charge is 0.354 e. The molecule has 2 rings (SSSR count). The number of nitrogens with zero attached hydrogens (tertiary/aromatic N) is 1. The molecular formula is C14H19N3O4. The third kappa shape index (κ3) is 2.91. The van der Waals surface area contributed by atoms with Crippen LogP contribution in [0.3, 0.4) is 0 Å². The lowest BCUT2D eigenvalue weighted by atomic mass is 10.1. The first kappa shape index (κ1) is 15.1. The Morgan fingerprint density at radius 3 is 2.62 bits per heavy atom. The van der Waals surface area contributed by atoms with Crippen molar-refractivity contribution in [2.24, 2.45) is 0 Å². The summed E-state index contributed by atoms with van der Waals surface area (Å²) in [6, 6.07) is 0. The van der Waals surface area contributed by atoms with E-state index in [0.717, 1.165) is 12.8 Å². The van der Waals surface area contributed by atoms with Gasteiger partial charge >= 0.3 is 5.97 Å². The van der Waals surface area contributed by atoms with Crippen LogP contribution in [0.5, 0.6) is 0 Å². The number of rotatable bonds is 3. The molecule has 1 aromatic rings. The molecule has 114 valence electrons. The fourth-order valence-electron chi connectivity index (χ4n) is 2.50. The van der Waals surface area contributed by atoms with Crippen molar-refractivity contribution in [1.82, 2.24) is 15.4 Å². The zero-order chi connectivity index (χ0) is 15.6. The van der Waals surface area contributed by atoms with Crippen LogP contribution in [0.4, 0.5) is 0 Å². The number of carbonyl (C=O) groups excluding carboxylic acids is 3. The monoisotopic (exact) mass is 293 g/mol. The second-order valence-electron chi connectivity index (χ2n) is 5.06. The zero-order valence-corrected chi connectivity index (χ0v) is 12.4. The summed E-state index contributed by atoms with van der Waals surface area (Å²) in [4.78, 5) is 38.5. The van der Waals surface area contributed by atoms with Crippen LogP contribution >= 0.6 is 0 Å². The molecule has 2 heterocycles. The highest BCUT2D eigenvalue weighted by Gasteiger charge is 2.25. The molecular weight excluding hydrogens is 274 g/mol. The van der Waals surface area contributed by atoms with Crippen LogP contribution in [0.15, 0.2) is 0 Å². The topological polar surface area (TPSA) is 91.5 Å². The van der Waals surface area contributed by atoms with Crippen molar-refractivity contribution >= 4 is 17.8 Å². The summed E-state index contributed by atoms with van der Waals surface area (Å²) in [5.74, 6) is -1.01. The van der Waals surface area contributed by atoms with Crippen LogP contribution in [0, 0.1) is 13.8 Å². The van der Waals surface area contributed by atoms with E-state index in [1.807, 2.05) is 0 Å². The number of nitrogens with one attached hydrogen (secondary N) is 2. The van der Waals surface area contributed by atoms with Crippen LogP contribution in [0.25, 0.3) is 0 Å². The van der Waals surface area contributed by atoms with Gasteiger partial charge < -0.3 is 9.72 Å². The maximum Gasteiger partial charge on any atom is 0.354 e. The Kier molecular flexibility index (Phi) is 4.30. The lowest BCUT2D eigenvalue weighted by molar-refractivity contribution is -0.135. The van der Waals surface area contributed by atoms with Crippen molar-refractivity contribution in [2.75, 3.05) is 13.7 Å². The minimum absolute atomic E-state index is 0.0892. The summed E-state index contributed by atoms with van der Waals surface area (Å²) < 4.78 is 4.67. The van der Waals surface area contributed by atoms with Gasteiger partial charge in [0.05, 0.1) is 12.7 Å². The minimum atomic E-state index is -0.524. The summed E-state index contributed by atoms with van der Waals surface area (Å²) in [5, 5.41) is 1.34. The fraction of sp³-hybridized carbons (Fsp3) is 0.500. The van der Waals surface area contributed by atoms with E-state index in [1.165, 1.54) is 12.1 Å². The Balaban J connectivity index is 2.21. The highest BCUT2D eigenvalue weighted by Crippen LogP contribution is 2.19. The zero-order valence-electron chi connectivity index (χ0n) is 12.4. The van der Waals surface area contributed by atoms with Gasteiger partial charge in [-0.25, -0.2) is 4.79 Å². The molecule has 0 unspecified atom stereocenters. The molecule has 21 heavy (non-hydrogen) atoms. The van der Waals surface area contributed by atoms with E-state index in [9.17, 15) is 14.4 Å². The van der Waals surface area contributed by atoms with Gasteiger partial charge in [0.2, 0.25) is 5.91 Å². The quantitative estimate of drug-likeness (QED) is 0.816. The highest BCUT2D eigenvalue weighted by atomic mass is 16.5. The van der Waals surface area contributed by atoms with Crippen molar-refractivity contribution in [3.8, 4) is 0 Å². The maximum absolute atomic E-state index is 12.3. The summed E-state index contributed by atoms with van der Waals surface area (Å²) >= 11 is 0. The summed E-state index contributed by atoms with van der Waals surface area (Å²) in [5.41, 5.74) is 4.31. The molecule has 7 heteroatoms. The number of amides is 2. The van der Waals surface area contributed by atoms with Crippen LogP contribution in [-0.4, -0.2) is 41.4 Å². The molecule has 1 aromatic heterocycles. The molecule has 1 saturated heterocycles. The molecule has 0 saturated carbocycles. The molecule has 0 aromatic carbocycles. The number of methoxy groups -OCH3 is 1. The van der Waals surface area contributed by atoms with Gasteiger partial charge in [0.1, 0.15) is 5.69 Å². The molecule has 1 aliphatic rings. The normalized spacial score (nSPS) is 15.0. The van der Waals surface area contributed by atoms with E-state index in [-0.39, 0.29) is 11.6 Å². The van der Waals surface area contributed by atoms with Crippen molar-refractivity contribution in [3.63, 3.8) is 0 Å². The third-order valence-corrected chi connectivity index (χ3v) is 3.61. The number of H-pyrrole nitrogens is 1. The first-order valence-electron chi connectivity index (χ1n) is 6.84. The van der Waals surface area contributed by atoms with Crippen LogP contribution in [0.1, 0.15) is 51.4 Å². The number of carbonyl (C=O) groups is 3.